The second-order valence-electron chi connectivity index (χ2n) is 4.92. The van der Waals surface area contributed by atoms with Crippen molar-refractivity contribution in [1.82, 2.24) is 9.13 Å². The minimum atomic E-state index is -0.363. The first-order chi connectivity index (χ1) is 8.91. The predicted octanol–water partition coefficient (Wildman–Crippen LogP) is 0.472. The van der Waals surface area contributed by atoms with E-state index in [4.69, 9.17) is 0 Å². The Morgan fingerprint density at radius 2 is 1.95 bits per heavy atom. The van der Waals surface area contributed by atoms with Crippen molar-refractivity contribution in [3.05, 3.63) is 26.4 Å². The number of carbonyl (C=O) groups excluding carboxylic acids is 1. The van der Waals surface area contributed by atoms with E-state index >= 15 is 0 Å². The van der Waals surface area contributed by atoms with Crippen molar-refractivity contribution in [1.29, 1.82) is 0 Å². The highest BCUT2D eigenvalue weighted by Crippen LogP contribution is 2.23. The van der Waals surface area contributed by atoms with Gasteiger partial charge in [0.1, 0.15) is 11.6 Å². The normalized spacial score (nSPS) is 13.3. The van der Waals surface area contributed by atoms with Crippen LogP contribution < -0.4 is 11.2 Å². The molecule has 0 bridgehead atoms. The Morgan fingerprint density at radius 1 is 1.26 bits per heavy atom. The smallest absolute Gasteiger partial charge is 0.300 e. The average Bonchev–Trinajstić information content (AvgIpc) is 2.77. The van der Waals surface area contributed by atoms with Gasteiger partial charge in [0.25, 0.3) is 5.56 Å². The van der Waals surface area contributed by atoms with Gasteiger partial charge in [0.15, 0.2) is 0 Å². The Hall–Kier alpha value is -1.98. The molecule has 0 aliphatic carbocycles. The molecule has 2 heterocycles. The lowest BCUT2D eigenvalue weighted by Gasteiger charge is -2.05. The Bertz CT molecular complexity index is 680. The summed E-state index contributed by atoms with van der Waals surface area (Å²) < 4.78 is 2.50. The lowest BCUT2D eigenvalue weighted by atomic mass is 10.1. The molecule has 0 radical (unpaired) electrons. The molecule has 0 unspecified atom stereocenters. The number of rotatable bonds is 4. The molecule has 1 aliphatic heterocycles. The highest BCUT2D eigenvalue weighted by Gasteiger charge is 2.22. The molecule has 6 nitrogen and oxygen atoms in total. The zero-order valence-corrected chi connectivity index (χ0v) is 11.4. The van der Waals surface area contributed by atoms with Crippen LogP contribution in [0.25, 0.3) is 0 Å². The van der Waals surface area contributed by atoms with Crippen LogP contribution in [0.15, 0.2) is 14.6 Å². The minimum Gasteiger partial charge on any atom is -0.300 e. The van der Waals surface area contributed by atoms with E-state index in [9.17, 15) is 14.4 Å². The van der Waals surface area contributed by atoms with Crippen LogP contribution in [-0.4, -0.2) is 20.6 Å². The van der Waals surface area contributed by atoms with E-state index in [1.807, 2.05) is 0 Å². The number of nitrogens with zero attached hydrogens (tertiary/aromatic N) is 3. The topological polar surface area (TPSA) is 73.4 Å². The van der Waals surface area contributed by atoms with Gasteiger partial charge in [-0.2, -0.15) is 0 Å². The van der Waals surface area contributed by atoms with Gasteiger partial charge in [0.2, 0.25) is 0 Å². The maximum atomic E-state index is 12.0. The van der Waals surface area contributed by atoms with Gasteiger partial charge in [0, 0.05) is 32.6 Å². The molecule has 2 rings (SSSR count). The van der Waals surface area contributed by atoms with E-state index in [1.165, 1.54) is 11.6 Å². The summed E-state index contributed by atoms with van der Waals surface area (Å²) in [6, 6.07) is 0. The van der Waals surface area contributed by atoms with Gasteiger partial charge in [-0.05, 0) is 19.8 Å². The summed E-state index contributed by atoms with van der Waals surface area (Å²) in [7, 11) is 3.08. The number of hydrogen-bond acceptors (Lipinski definition) is 4. The van der Waals surface area contributed by atoms with Crippen LogP contribution in [0.4, 0.5) is 5.82 Å². The van der Waals surface area contributed by atoms with Crippen LogP contribution in [0.3, 0.4) is 0 Å². The number of hydrogen-bond donors (Lipinski definition) is 0. The fourth-order valence-corrected chi connectivity index (χ4v) is 2.28. The molecular weight excluding hydrogens is 246 g/mol. The van der Waals surface area contributed by atoms with Crippen molar-refractivity contribution in [2.24, 2.45) is 19.1 Å². The Kier molecular flexibility index (Phi) is 3.50. The highest BCUT2D eigenvalue weighted by atomic mass is 16.2. The van der Waals surface area contributed by atoms with Gasteiger partial charge in [0.05, 0.1) is 5.56 Å². The number of fused-ring (bicyclic) bond motifs is 1. The number of Topliss-reactive ketones (excluding diaryl/α,β-unsaturated/α-hetero) is 1. The molecule has 19 heavy (non-hydrogen) atoms. The molecule has 102 valence electrons. The van der Waals surface area contributed by atoms with Crippen LogP contribution in [0.1, 0.15) is 31.7 Å². The molecule has 0 aromatic carbocycles. The van der Waals surface area contributed by atoms with Gasteiger partial charge in [-0.15, -0.1) is 0 Å². The molecule has 0 N–H and O–H groups in total. The molecule has 6 heteroatoms. The first kappa shape index (κ1) is 13.5. The van der Waals surface area contributed by atoms with E-state index in [2.05, 4.69) is 4.99 Å². The Morgan fingerprint density at radius 3 is 2.58 bits per heavy atom. The summed E-state index contributed by atoms with van der Waals surface area (Å²) in [5, 5.41) is 0. The third-order valence-electron chi connectivity index (χ3n) is 3.36. The molecule has 0 atom stereocenters. The van der Waals surface area contributed by atoms with E-state index in [0.29, 0.717) is 30.6 Å². The molecule has 0 amide bonds. The van der Waals surface area contributed by atoms with E-state index in [-0.39, 0.29) is 17.0 Å². The van der Waals surface area contributed by atoms with Crippen molar-refractivity contribution < 1.29 is 4.79 Å². The van der Waals surface area contributed by atoms with Crippen molar-refractivity contribution in [3.8, 4) is 0 Å². The lowest BCUT2D eigenvalue weighted by molar-refractivity contribution is -0.117. The largest absolute Gasteiger partial charge is 0.332 e. The summed E-state index contributed by atoms with van der Waals surface area (Å²) in [5.41, 5.74) is 0.804. The first-order valence-corrected chi connectivity index (χ1v) is 6.26. The number of aliphatic imine (C=N–C) groups is 1. The van der Waals surface area contributed by atoms with Gasteiger partial charge >= 0.3 is 5.69 Å². The predicted molar refractivity (Wildman–Crippen MR) is 72.3 cm³/mol. The van der Waals surface area contributed by atoms with Crippen LogP contribution in [0.2, 0.25) is 0 Å². The first-order valence-electron chi connectivity index (χ1n) is 6.26. The SMILES string of the molecule is CC(=O)CCCC1=Nc2c(c(=O)n(C)c(=O)n2C)C1. The van der Waals surface area contributed by atoms with Gasteiger partial charge in [-0.3, -0.25) is 13.9 Å². The summed E-state index contributed by atoms with van der Waals surface area (Å²) in [4.78, 5) is 39.0. The van der Waals surface area contributed by atoms with Crippen LogP contribution in [0, 0.1) is 0 Å². The number of aromatic nitrogens is 2. The summed E-state index contributed by atoms with van der Waals surface area (Å²) in [6.45, 7) is 1.56. The maximum absolute atomic E-state index is 12.0. The van der Waals surface area contributed by atoms with Crippen molar-refractivity contribution >= 4 is 17.3 Å². The van der Waals surface area contributed by atoms with Crippen LogP contribution in [0.5, 0.6) is 0 Å². The molecule has 0 saturated carbocycles. The maximum Gasteiger partial charge on any atom is 0.332 e. The zero-order valence-electron chi connectivity index (χ0n) is 11.4. The van der Waals surface area contributed by atoms with E-state index in [0.717, 1.165) is 16.7 Å². The van der Waals surface area contributed by atoms with Gasteiger partial charge in [-0.1, -0.05) is 0 Å². The molecule has 1 aromatic heterocycles. The lowest BCUT2D eigenvalue weighted by Crippen LogP contribution is -2.38. The monoisotopic (exact) mass is 263 g/mol. The Balaban J connectivity index is 2.27. The van der Waals surface area contributed by atoms with Crippen molar-refractivity contribution in [2.75, 3.05) is 0 Å². The van der Waals surface area contributed by atoms with E-state index in [1.54, 1.807) is 14.0 Å². The molecule has 1 aliphatic rings. The number of carbonyl (C=O) groups is 1. The second kappa shape index (κ2) is 4.95. The molecule has 1 aromatic rings. The van der Waals surface area contributed by atoms with Gasteiger partial charge < -0.3 is 4.79 Å². The number of ketones is 1. The van der Waals surface area contributed by atoms with E-state index < -0.39 is 0 Å². The Labute approximate surface area is 110 Å². The van der Waals surface area contributed by atoms with Gasteiger partial charge in [-0.25, -0.2) is 9.79 Å². The van der Waals surface area contributed by atoms with Crippen molar-refractivity contribution in [2.45, 2.75) is 32.6 Å². The third kappa shape index (κ3) is 2.43. The molecule has 0 saturated heterocycles. The van der Waals surface area contributed by atoms with Crippen molar-refractivity contribution in [3.63, 3.8) is 0 Å². The zero-order chi connectivity index (χ0) is 14.2. The highest BCUT2D eigenvalue weighted by molar-refractivity contribution is 5.93. The van der Waals surface area contributed by atoms with Crippen LogP contribution >= 0.6 is 0 Å². The second-order valence-corrected chi connectivity index (χ2v) is 4.92. The quantitative estimate of drug-likeness (QED) is 0.792. The fraction of sp³-hybridized carbons (Fsp3) is 0.538. The standard InChI is InChI=1S/C13H17N3O3/c1-8(17)5-4-6-9-7-10-11(14-9)15(2)13(19)16(3)12(10)18/h4-7H2,1-3H3. The third-order valence-corrected chi connectivity index (χ3v) is 3.36. The summed E-state index contributed by atoms with van der Waals surface area (Å²) in [5.74, 6) is 0.616. The molecule has 0 fully saturated rings. The average molecular weight is 263 g/mol. The molecule has 0 spiro atoms. The summed E-state index contributed by atoms with van der Waals surface area (Å²) in [6.07, 6.45) is 2.42. The fourth-order valence-electron chi connectivity index (χ4n) is 2.28. The summed E-state index contributed by atoms with van der Waals surface area (Å²) >= 11 is 0. The minimum absolute atomic E-state index is 0.152. The van der Waals surface area contributed by atoms with Crippen LogP contribution in [-0.2, 0) is 25.3 Å². The molecular formula is C13H17N3O3.